The number of hydrogen-bond acceptors (Lipinski definition) is 4. The van der Waals surface area contributed by atoms with Gasteiger partial charge in [0.05, 0.1) is 11.4 Å². The van der Waals surface area contributed by atoms with Gasteiger partial charge in [-0.2, -0.15) is 4.31 Å². The number of carbonyl (C=O) groups excluding carboxylic acids is 1. The maximum Gasteiger partial charge on any atom is 0.243 e. The Kier molecular flexibility index (Phi) is 6.12. The van der Waals surface area contributed by atoms with Gasteiger partial charge in [0.1, 0.15) is 0 Å². The second-order valence-corrected chi connectivity index (χ2v) is 6.61. The number of amides is 1. The van der Waals surface area contributed by atoms with Gasteiger partial charge in [-0.25, -0.2) is 8.42 Å². The van der Waals surface area contributed by atoms with E-state index in [1.807, 2.05) is 6.92 Å². The summed E-state index contributed by atoms with van der Waals surface area (Å²) in [6.45, 7) is 2.17. The van der Waals surface area contributed by atoms with Crippen LogP contribution in [-0.2, 0) is 14.8 Å². The standard InChI is InChI=1S/C13H21N3O3S/c1-11(14-2)9-15-13(17)10-16(3)20(18,19)12-7-5-4-6-8-12/h4-8,11,14H,9-10H2,1-3H3,(H,15,17). The van der Waals surface area contributed by atoms with E-state index in [0.29, 0.717) is 6.54 Å². The van der Waals surface area contributed by atoms with E-state index in [-0.39, 0.29) is 23.4 Å². The summed E-state index contributed by atoms with van der Waals surface area (Å²) in [5.41, 5.74) is 0. The molecule has 0 aromatic heterocycles. The van der Waals surface area contributed by atoms with Crippen molar-refractivity contribution in [1.29, 1.82) is 0 Å². The number of hydrogen-bond donors (Lipinski definition) is 2. The number of sulfonamides is 1. The van der Waals surface area contributed by atoms with E-state index in [2.05, 4.69) is 10.6 Å². The van der Waals surface area contributed by atoms with Crippen molar-refractivity contribution in [3.05, 3.63) is 30.3 Å². The molecule has 0 saturated carbocycles. The summed E-state index contributed by atoms with van der Waals surface area (Å²) < 4.78 is 25.4. The maximum absolute atomic E-state index is 12.2. The first-order valence-electron chi connectivity index (χ1n) is 6.33. The predicted molar refractivity (Wildman–Crippen MR) is 77.8 cm³/mol. The second kappa shape index (κ2) is 7.37. The minimum Gasteiger partial charge on any atom is -0.353 e. The average molecular weight is 299 g/mol. The van der Waals surface area contributed by atoms with Crippen LogP contribution >= 0.6 is 0 Å². The van der Waals surface area contributed by atoms with Crippen molar-refractivity contribution in [2.45, 2.75) is 17.9 Å². The maximum atomic E-state index is 12.2. The molecule has 6 nitrogen and oxygen atoms in total. The Morgan fingerprint density at radius 2 is 1.90 bits per heavy atom. The number of carbonyl (C=O) groups is 1. The van der Waals surface area contributed by atoms with E-state index >= 15 is 0 Å². The molecular formula is C13H21N3O3S. The number of benzene rings is 1. The lowest BCUT2D eigenvalue weighted by atomic mass is 10.3. The molecule has 0 bridgehead atoms. The first kappa shape index (κ1) is 16.6. The Balaban J connectivity index is 2.62. The monoisotopic (exact) mass is 299 g/mol. The van der Waals surface area contributed by atoms with E-state index in [9.17, 15) is 13.2 Å². The van der Waals surface area contributed by atoms with Crippen LogP contribution in [0.4, 0.5) is 0 Å². The van der Waals surface area contributed by atoms with Gasteiger partial charge < -0.3 is 10.6 Å². The third kappa shape index (κ3) is 4.59. The summed E-state index contributed by atoms with van der Waals surface area (Å²) in [4.78, 5) is 11.9. The molecular weight excluding hydrogens is 278 g/mol. The van der Waals surface area contributed by atoms with Gasteiger partial charge >= 0.3 is 0 Å². The molecule has 1 rings (SSSR count). The lowest BCUT2D eigenvalue weighted by Crippen LogP contribution is -2.42. The van der Waals surface area contributed by atoms with Gasteiger partial charge in [0.2, 0.25) is 15.9 Å². The topological polar surface area (TPSA) is 78.5 Å². The molecule has 0 radical (unpaired) electrons. The number of likely N-dealkylation sites (N-methyl/N-ethyl adjacent to an activating group) is 2. The molecule has 1 aromatic carbocycles. The summed E-state index contributed by atoms with van der Waals surface area (Å²) in [5, 5.41) is 5.66. The van der Waals surface area contributed by atoms with Crippen molar-refractivity contribution in [2.75, 3.05) is 27.2 Å². The summed E-state index contributed by atoms with van der Waals surface area (Å²) in [5.74, 6) is -0.325. The third-order valence-electron chi connectivity index (χ3n) is 2.92. The second-order valence-electron chi connectivity index (χ2n) is 4.57. The molecule has 20 heavy (non-hydrogen) atoms. The molecule has 2 N–H and O–H groups in total. The van der Waals surface area contributed by atoms with E-state index in [0.717, 1.165) is 4.31 Å². The minimum absolute atomic E-state index is 0.134. The average Bonchev–Trinajstić information content (AvgIpc) is 2.45. The SMILES string of the molecule is CNC(C)CNC(=O)CN(C)S(=O)(=O)c1ccccc1. The van der Waals surface area contributed by atoms with Crippen LogP contribution < -0.4 is 10.6 Å². The van der Waals surface area contributed by atoms with Gasteiger partial charge in [0.25, 0.3) is 0 Å². The Morgan fingerprint density at radius 1 is 1.30 bits per heavy atom. The summed E-state index contributed by atoms with van der Waals surface area (Å²) in [6, 6.07) is 8.19. The molecule has 0 aliphatic rings. The molecule has 0 fully saturated rings. The highest BCUT2D eigenvalue weighted by Crippen LogP contribution is 2.12. The van der Waals surface area contributed by atoms with Gasteiger partial charge in [-0.15, -0.1) is 0 Å². The lowest BCUT2D eigenvalue weighted by molar-refractivity contribution is -0.121. The molecule has 1 unspecified atom stereocenters. The highest BCUT2D eigenvalue weighted by Gasteiger charge is 2.22. The summed E-state index contributed by atoms with van der Waals surface area (Å²) in [7, 11) is -0.435. The third-order valence-corrected chi connectivity index (χ3v) is 4.73. The number of rotatable bonds is 7. The highest BCUT2D eigenvalue weighted by molar-refractivity contribution is 7.89. The Labute approximate surface area is 120 Å². The first-order valence-corrected chi connectivity index (χ1v) is 7.77. The van der Waals surface area contributed by atoms with E-state index < -0.39 is 10.0 Å². The van der Waals surface area contributed by atoms with Crippen LogP contribution in [0.3, 0.4) is 0 Å². The van der Waals surface area contributed by atoms with Gasteiger partial charge in [0, 0.05) is 19.6 Å². The molecule has 1 atom stereocenters. The molecule has 0 heterocycles. The number of nitrogens with one attached hydrogen (secondary N) is 2. The van der Waals surface area contributed by atoms with Crippen LogP contribution in [0.5, 0.6) is 0 Å². The van der Waals surface area contributed by atoms with Crippen LogP contribution in [0.2, 0.25) is 0 Å². The minimum atomic E-state index is -3.62. The van der Waals surface area contributed by atoms with Crippen LogP contribution in [-0.4, -0.2) is 51.9 Å². The molecule has 0 aliphatic carbocycles. The van der Waals surface area contributed by atoms with Crippen LogP contribution in [0.1, 0.15) is 6.92 Å². The van der Waals surface area contributed by atoms with Crippen LogP contribution in [0.25, 0.3) is 0 Å². The van der Waals surface area contributed by atoms with E-state index in [1.165, 1.54) is 19.2 Å². The molecule has 0 spiro atoms. The summed E-state index contributed by atoms with van der Waals surface area (Å²) in [6.07, 6.45) is 0. The van der Waals surface area contributed by atoms with Gasteiger partial charge in [-0.3, -0.25) is 4.79 Å². The summed E-state index contributed by atoms with van der Waals surface area (Å²) >= 11 is 0. The van der Waals surface area contributed by atoms with Crippen molar-refractivity contribution >= 4 is 15.9 Å². The Bertz CT molecular complexity index is 531. The van der Waals surface area contributed by atoms with Crippen LogP contribution in [0.15, 0.2) is 35.2 Å². The molecule has 7 heteroatoms. The molecule has 0 aliphatic heterocycles. The fourth-order valence-electron chi connectivity index (χ4n) is 1.48. The van der Waals surface area contributed by atoms with Gasteiger partial charge in [0.15, 0.2) is 0 Å². The zero-order valence-corrected chi connectivity index (χ0v) is 12.8. The molecule has 1 aromatic rings. The zero-order valence-electron chi connectivity index (χ0n) is 12.0. The Hall–Kier alpha value is -1.44. The zero-order chi connectivity index (χ0) is 15.2. The van der Waals surface area contributed by atoms with Crippen molar-refractivity contribution < 1.29 is 13.2 Å². The fraction of sp³-hybridized carbons (Fsp3) is 0.462. The van der Waals surface area contributed by atoms with E-state index in [1.54, 1.807) is 25.2 Å². The van der Waals surface area contributed by atoms with E-state index in [4.69, 9.17) is 0 Å². The molecule has 1 amide bonds. The quantitative estimate of drug-likeness (QED) is 0.744. The first-order chi connectivity index (χ1) is 9.37. The van der Waals surface area contributed by atoms with Gasteiger partial charge in [-0.05, 0) is 26.1 Å². The van der Waals surface area contributed by atoms with Gasteiger partial charge in [-0.1, -0.05) is 18.2 Å². The molecule has 0 saturated heterocycles. The Morgan fingerprint density at radius 3 is 2.45 bits per heavy atom. The van der Waals surface area contributed by atoms with Crippen molar-refractivity contribution in [3.8, 4) is 0 Å². The highest BCUT2D eigenvalue weighted by atomic mass is 32.2. The van der Waals surface area contributed by atoms with Crippen molar-refractivity contribution in [1.82, 2.24) is 14.9 Å². The smallest absolute Gasteiger partial charge is 0.243 e. The number of nitrogens with zero attached hydrogens (tertiary/aromatic N) is 1. The fourth-order valence-corrected chi connectivity index (χ4v) is 2.63. The normalized spacial score (nSPS) is 13.2. The predicted octanol–water partition coefficient (Wildman–Crippen LogP) is 0.0312. The van der Waals surface area contributed by atoms with Crippen molar-refractivity contribution in [3.63, 3.8) is 0 Å². The van der Waals surface area contributed by atoms with Crippen molar-refractivity contribution in [2.24, 2.45) is 0 Å². The lowest BCUT2D eigenvalue weighted by Gasteiger charge is -2.18. The van der Waals surface area contributed by atoms with Crippen LogP contribution in [0, 0.1) is 0 Å². The molecule has 112 valence electrons. The largest absolute Gasteiger partial charge is 0.353 e.